The summed E-state index contributed by atoms with van der Waals surface area (Å²) in [6.45, 7) is 2.60. The van der Waals surface area contributed by atoms with E-state index in [0.29, 0.717) is 12.5 Å². The first-order valence-corrected chi connectivity index (χ1v) is 4.09. The molecular formula is C8H15NO2. The standard InChI is InChI=1S/C8H15NO2/c1-5-2-3-6(8(10)11)7(5)4-9/h5-7H,2-4,9H2,1H3,(H,10,11)/t5-,6-,7-/m1/s1. The van der Waals surface area contributed by atoms with Gasteiger partial charge in [0.05, 0.1) is 5.92 Å². The zero-order valence-corrected chi connectivity index (χ0v) is 6.79. The molecule has 0 aromatic carbocycles. The second kappa shape index (κ2) is 3.22. The molecule has 1 rings (SSSR count). The molecule has 1 saturated carbocycles. The van der Waals surface area contributed by atoms with Gasteiger partial charge in [0.1, 0.15) is 0 Å². The Bertz CT molecular complexity index is 158. The van der Waals surface area contributed by atoms with Crippen LogP contribution in [0.3, 0.4) is 0 Å². The molecule has 0 radical (unpaired) electrons. The molecule has 3 atom stereocenters. The Morgan fingerprint density at radius 3 is 2.64 bits per heavy atom. The number of nitrogens with two attached hydrogens (primary N) is 1. The molecule has 0 saturated heterocycles. The molecule has 0 amide bonds. The van der Waals surface area contributed by atoms with Crippen LogP contribution >= 0.6 is 0 Å². The fourth-order valence-electron chi connectivity index (χ4n) is 1.97. The van der Waals surface area contributed by atoms with Crippen LogP contribution in [0.1, 0.15) is 19.8 Å². The van der Waals surface area contributed by atoms with Gasteiger partial charge < -0.3 is 10.8 Å². The van der Waals surface area contributed by atoms with E-state index in [1.165, 1.54) is 0 Å². The summed E-state index contributed by atoms with van der Waals surface area (Å²) in [5.74, 6) is -0.173. The molecule has 0 aromatic heterocycles. The van der Waals surface area contributed by atoms with Gasteiger partial charge in [0.2, 0.25) is 0 Å². The first kappa shape index (κ1) is 8.53. The van der Waals surface area contributed by atoms with E-state index in [1.54, 1.807) is 0 Å². The molecule has 1 fully saturated rings. The molecule has 0 aromatic rings. The minimum atomic E-state index is -0.676. The quantitative estimate of drug-likeness (QED) is 0.620. The zero-order valence-electron chi connectivity index (χ0n) is 6.79. The number of hydrogen-bond donors (Lipinski definition) is 2. The minimum absolute atomic E-state index is 0.185. The Morgan fingerprint density at radius 1 is 1.64 bits per heavy atom. The first-order valence-electron chi connectivity index (χ1n) is 4.09. The van der Waals surface area contributed by atoms with Gasteiger partial charge >= 0.3 is 5.97 Å². The van der Waals surface area contributed by atoms with Crippen LogP contribution in [0.25, 0.3) is 0 Å². The van der Waals surface area contributed by atoms with Gasteiger partial charge in [-0.2, -0.15) is 0 Å². The van der Waals surface area contributed by atoms with Crippen LogP contribution in [0.2, 0.25) is 0 Å². The van der Waals surface area contributed by atoms with Crippen molar-refractivity contribution in [1.82, 2.24) is 0 Å². The lowest BCUT2D eigenvalue weighted by atomic mass is 9.91. The molecule has 11 heavy (non-hydrogen) atoms. The van der Waals surface area contributed by atoms with Crippen molar-refractivity contribution in [2.45, 2.75) is 19.8 Å². The summed E-state index contributed by atoms with van der Waals surface area (Å²) in [6, 6.07) is 0. The molecule has 1 aliphatic rings. The lowest BCUT2D eigenvalue weighted by Gasteiger charge is -2.16. The largest absolute Gasteiger partial charge is 0.481 e. The Hall–Kier alpha value is -0.570. The number of aliphatic carboxylic acids is 1. The van der Waals surface area contributed by atoms with E-state index < -0.39 is 5.97 Å². The van der Waals surface area contributed by atoms with Gasteiger partial charge in [0, 0.05) is 0 Å². The van der Waals surface area contributed by atoms with Crippen molar-refractivity contribution in [3.8, 4) is 0 Å². The molecule has 3 N–H and O–H groups in total. The van der Waals surface area contributed by atoms with E-state index in [1.807, 2.05) is 0 Å². The molecular weight excluding hydrogens is 142 g/mol. The van der Waals surface area contributed by atoms with Crippen LogP contribution in [-0.2, 0) is 4.79 Å². The van der Waals surface area contributed by atoms with E-state index in [-0.39, 0.29) is 11.8 Å². The van der Waals surface area contributed by atoms with Crippen molar-refractivity contribution < 1.29 is 9.90 Å². The van der Waals surface area contributed by atoms with Crippen LogP contribution in [-0.4, -0.2) is 17.6 Å². The summed E-state index contributed by atoms with van der Waals surface area (Å²) in [5, 5.41) is 8.78. The van der Waals surface area contributed by atoms with Gasteiger partial charge in [-0.05, 0) is 31.2 Å². The normalized spacial score (nSPS) is 37.5. The van der Waals surface area contributed by atoms with Crippen molar-refractivity contribution in [3.05, 3.63) is 0 Å². The van der Waals surface area contributed by atoms with Crippen molar-refractivity contribution in [2.24, 2.45) is 23.5 Å². The predicted molar refractivity (Wildman–Crippen MR) is 42.1 cm³/mol. The molecule has 1 aliphatic carbocycles. The summed E-state index contributed by atoms with van der Waals surface area (Å²) >= 11 is 0. The molecule has 0 heterocycles. The SMILES string of the molecule is C[C@@H]1CC[C@@H](C(=O)O)[C@@H]1CN. The van der Waals surface area contributed by atoms with Gasteiger partial charge in [-0.1, -0.05) is 6.92 Å². The maximum Gasteiger partial charge on any atom is 0.306 e. The first-order chi connectivity index (χ1) is 5.16. The van der Waals surface area contributed by atoms with E-state index in [4.69, 9.17) is 10.8 Å². The fraction of sp³-hybridized carbons (Fsp3) is 0.875. The van der Waals surface area contributed by atoms with Crippen molar-refractivity contribution >= 4 is 5.97 Å². The smallest absolute Gasteiger partial charge is 0.306 e. The topological polar surface area (TPSA) is 63.3 Å². The highest BCUT2D eigenvalue weighted by Crippen LogP contribution is 2.35. The fourth-order valence-corrected chi connectivity index (χ4v) is 1.97. The summed E-state index contributed by atoms with van der Waals surface area (Å²) in [6.07, 6.45) is 1.82. The van der Waals surface area contributed by atoms with Gasteiger partial charge in [-0.15, -0.1) is 0 Å². The molecule has 0 unspecified atom stereocenters. The minimum Gasteiger partial charge on any atom is -0.481 e. The summed E-state index contributed by atoms with van der Waals surface area (Å²) < 4.78 is 0. The lowest BCUT2D eigenvalue weighted by molar-refractivity contribution is -0.143. The van der Waals surface area contributed by atoms with Gasteiger partial charge in [0.25, 0.3) is 0 Å². The molecule has 3 nitrogen and oxygen atoms in total. The third kappa shape index (κ3) is 1.53. The number of carbonyl (C=O) groups is 1. The van der Waals surface area contributed by atoms with Crippen LogP contribution in [0.15, 0.2) is 0 Å². The zero-order chi connectivity index (χ0) is 8.43. The second-order valence-electron chi connectivity index (χ2n) is 3.40. The van der Waals surface area contributed by atoms with Crippen molar-refractivity contribution in [3.63, 3.8) is 0 Å². The number of carboxylic acids is 1. The van der Waals surface area contributed by atoms with Gasteiger partial charge in [0.15, 0.2) is 0 Å². The number of carboxylic acid groups (broad SMARTS) is 1. The molecule has 3 heteroatoms. The Labute approximate surface area is 66.6 Å². The second-order valence-corrected chi connectivity index (χ2v) is 3.40. The van der Waals surface area contributed by atoms with E-state index in [2.05, 4.69) is 6.92 Å². The highest BCUT2D eigenvalue weighted by atomic mass is 16.4. The average Bonchev–Trinajstić information content (AvgIpc) is 2.30. The summed E-state index contributed by atoms with van der Waals surface area (Å²) in [4.78, 5) is 10.7. The van der Waals surface area contributed by atoms with E-state index in [0.717, 1.165) is 12.8 Å². The van der Waals surface area contributed by atoms with Gasteiger partial charge in [-0.3, -0.25) is 4.79 Å². The van der Waals surface area contributed by atoms with Crippen molar-refractivity contribution in [1.29, 1.82) is 0 Å². The molecule has 0 aliphatic heterocycles. The van der Waals surface area contributed by atoms with E-state index >= 15 is 0 Å². The number of rotatable bonds is 2. The molecule has 0 bridgehead atoms. The highest BCUT2D eigenvalue weighted by molar-refractivity contribution is 5.70. The number of hydrogen-bond acceptors (Lipinski definition) is 2. The highest BCUT2D eigenvalue weighted by Gasteiger charge is 2.36. The van der Waals surface area contributed by atoms with Crippen LogP contribution < -0.4 is 5.73 Å². The monoisotopic (exact) mass is 157 g/mol. The molecule has 64 valence electrons. The van der Waals surface area contributed by atoms with Crippen LogP contribution in [0, 0.1) is 17.8 Å². The van der Waals surface area contributed by atoms with Crippen molar-refractivity contribution in [2.75, 3.05) is 6.54 Å². The summed E-state index contributed by atoms with van der Waals surface area (Å²) in [5.41, 5.74) is 5.49. The predicted octanol–water partition coefficient (Wildman–Crippen LogP) is 0.692. The van der Waals surface area contributed by atoms with E-state index in [9.17, 15) is 4.79 Å². The third-order valence-corrected chi connectivity index (χ3v) is 2.77. The molecule has 0 spiro atoms. The maximum atomic E-state index is 10.7. The third-order valence-electron chi connectivity index (χ3n) is 2.77. The average molecular weight is 157 g/mol. The maximum absolute atomic E-state index is 10.7. The van der Waals surface area contributed by atoms with Crippen LogP contribution in [0.5, 0.6) is 0 Å². The Balaban J connectivity index is 2.61. The van der Waals surface area contributed by atoms with Crippen LogP contribution in [0.4, 0.5) is 0 Å². The lowest BCUT2D eigenvalue weighted by Crippen LogP contribution is -2.27. The van der Waals surface area contributed by atoms with Gasteiger partial charge in [-0.25, -0.2) is 0 Å². The Morgan fingerprint density at radius 2 is 2.27 bits per heavy atom. The summed E-state index contributed by atoms with van der Waals surface area (Å²) in [7, 11) is 0. The Kier molecular flexibility index (Phi) is 2.49.